The van der Waals surface area contributed by atoms with E-state index in [0.29, 0.717) is 18.7 Å². The van der Waals surface area contributed by atoms with Gasteiger partial charge in [-0.2, -0.15) is 0 Å². The highest BCUT2D eigenvalue weighted by molar-refractivity contribution is 6.39. The summed E-state index contributed by atoms with van der Waals surface area (Å²) in [5, 5.41) is 14.4. The van der Waals surface area contributed by atoms with Crippen LogP contribution in [0.25, 0.3) is 0 Å². The highest BCUT2D eigenvalue weighted by Crippen LogP contribution is 2.09. The van der Waals surface area contributed by atoms with Gasteiger partial charge in [0.25, 0.3) is 0 Å². The summed E-state index contributed by atoms with van der Waals surface area (Å²) in [5.41, 5.74) is 1.77. The summed E-state index contributed by atoms with van der Waals surface area (Å²) in [6, 6.07) is 7.39. The summed E-state index contributed by atoms with van der Waals surface area (Å²) < 4.78 is 0. The number of aliphatic hydroxyl groups is 1. The van der Waals surface area contributed by atoms with E-state index in [4.69, 9.17) is 0 Å². The van der Waals surface area contributed by atoms with Crippen molar-refractivity contribution < 1.29 is 14.7 Å². The van der Waals surface area contributed by atoms with Crippen LogP contribution in [0.5, 0.6) is 0 Å². The van der Waals surface area contributed by atoms with Gasteiger partial charge in [0.05, 0.1) is 6.10 Å². The summed E-state index contributed by atoms with van der Waals surface area (Å²) in [5.74, 6) is -1.22. The molecule has 0 aliphatic carbocycles. The minimum absolute atomic E-state index is 0.116. The largest absolute Gasteiger partial charge is 0.393 e. The van der Waals surface area contributed by atoms with Crippen LogP contribution in [0, 0.1) is 5.92 Å². The fourth-order valence-electron chi connectivity index (χ4n) is 2.02. The third kappa shape index (κ3) is 6.40. The van der Waals surface area contributed by atoms with Crippen LogP contribution >= 0.6 is 0 Å². The molecular formula is C16H24N2O3. The second-order valence-electron chi connectivity index (χ2n) is 5.40. The molecule has 0 aliphatic rings. The Morgan fingerprint density at radius 2 is 1.76 bits per heavy atom. The Kier molecular flexibility index (Phi) is 6.88. The maximum atomic E-state index is 11.7. The summed E-state index contributed by atoms with van der Waals surface area (Å²) in [6.45, 7) is 6.03. The van der Waals surface area contributed by atoms with Gasteiger partial charge in [-0.25, -0.2) is 0 Å². The average Bonchev–Trinajstić information content (AvgIpc) is 2.44. The van der Waals surface area contributed by atoms with Crippen LogP contribution in [0.15, 0.2) is 24.3 Å². The zero-order valence-electron chi connectivity index (χ0n) is 12.8. The lowest BCUT2D eigenvalue weighted by Crippen LogP contribution is -2.38. The van der Waals surface area contributed by atoms with Gasteiger partial charge in [-0.15, -0.1) is 0 Å². The van der Waals surface area contributed by atoms with E-state index in [1.165, 1.54) is 5.56 Å². The van der Waals surface area contributed by atoms with E-state index in [-0.39, 0.29) is 5.92 Å². The normalized spacial score (nSPS) is 13.3. The van der Waals surface area contributed by atoms with Crippen LogP contribution in [0.2, 0.25) is 0 Å². The predicted molar refractivity (Wildman–Crippen MR) is 82.9 cm³/mol. The lowest BCUT2D eigenvalue weighted by molar-refractivity contribution is -0.136. The number of hydrogen-bond donors (Lipinski definition) is 3. The van der Waals surface area contributed by atoms with E-state index in [1.54, 1.807) is 19.1 Å². The zero-order chi connectivity index (χ0) is 15.8. The molecule has 0 saturated heterocycles. The maximum Gasteiger partial charge on any atom is 0.313 e. The number of rotatable bonds is 6. The third-order valence-corrected chi connectivity index (χ3v) is 3.18. The molecule has 2 amide bonds. The molecule has 116 valence electrons. The lowest BCUT2D eigenvalue weighted by atomic mass is 10.0. The van der Waals surface area contributed by atoms with Crippen molar-refractivity contribution in [2.24, 2.45) is 5.92 Å². The molecule has 0 saturated carbocycles. The standard InChI is InChI=1S/C16H24N2O3/c1-4-13-5-7-14(8-6-13)18-16(21)15(20)17-10-11(2)9-12(3)19/h5-8,11-12,19H,4,9-10H2,1-3H3,(H,17,20)(H,18,21). The van der Waals surface area contributed by atoms with Crippen molar-refractivity contribution in [1.82, 2.24) is 5.32 Å². The molecule has 2 atom stereocenters. The van der Waals surface area contributed by atoms with Gasteiger partial charge < -0.3 is 15.7 Å². The number of carbonyl (C=O) groups excluding carboxylic acids is 2. The summed E-state index contributed by atoms with van der Waals surface area (Å²) >= 11 is 0. The van der Waals surface area contributed by atoms with Crippen molar-refractivity contribution in [1.29, 1.82) is 0 Å². The molecule has 1 aromatic carbocycles. The van der Waals surface area contributed by atoms with Crippen LogP contribution in [0.1, 0.15) is 32.8 Å². The first-order valence-corrected chi connectivity index (χ1v) is 7.28. The molecular weight excluding hydrogens is 268 g/mol. The van der Waals surface area contributed by atoms with Crippen molar-refractivity contribution >= 4 is 17.5 Å². The van der Waals surface area contributed by atoms with E-state index in [9.17, 15) is 14.7 Å². The molecule has 0 heterocycles. The van der Waals surface area contributed by atoms with Gasteiger partial charge in [0.15, 0.2) is 0 Å². The smallest absolute Gasteiger partial charge is 0.313 e. The zero-order valence-corrected chi connectivity index (χ0v) is 12.8. The Bertz CT molecular complexity index is 469. The molecule has 21 heavy (non-hydrogen) atoms. The van der Waals surface area contributed by atoms with Crippen LogP contribution < -0.4 is 10.6 Å². The van der Waals surface area contributed by atoms with Gasteiger partial charge in [0, 0.05) is 12.2 Å². The maximum absolute atomic E-state index is 11.7. The number of nitrogens with one attached hydrogen (secondary N) is 2. The van der Waals surface area contributed by atoms with Crippen LogP contribution in [0.4, 0.5) is 5.69 Å². The molecule has 0 fully saturated rings. The lowest BCUT2D eigenvalue weighted by Gasteiger charge is -2.14. The molecule has 0 aromatic heterocycles. The highest BCUT2D eigenvalue weighted by Gasteiger charge is 2.15. The number of benzene rings is 1. The van der Waals surface area contributed by atoms with E-state index in [2.05, 4.69) is 17.6 Å². The third-order valence-electron chi connectivity index (χ3n) is 3.18. The van der Waals surface area contributed by atoms with Gasteiger partial charge in [-0.1, -0.05) is 26.0 Å². The van der Waals surface area contributed by atoms with Gasteiger partial charge in [-0.05, 0) is 43.4 Å². The molecule has 3 N–H and O–H groups in total. The molecule has 0 spiro atoms. The Hall–Kier alpha value is -1.88. The molecule has 0 radical (unpaired) electrons. The SMILES string of the molecule is CCc1ccc(NC(=O)C(=O)NCC(C)CC(C)O)cc1. The predicted octanol–water partition coefficient (Wildman–Crippen LogP) is 1.71. The minimum atomic E-state index is -0.677. The van der Waals surface area contributed by atoms with Crippen molar-refractivity contribution in [3.05, 3.63) is 29.8 Å². The Labute approximate surface area is 125 Å². The monoisotopic (exact) mass is 292 g/mol. The number of amides is 2. The summed E-state index contributed by atoms with van der Waals surface area (Å²) in [6.07, 6.45) is 1.10. The number of anilines is 1. The van der Waals surface area contributed by atoms with Crippen molar-refractivity contribution in [2.75, 3.05) is 11.9 Å². The molecule has 2 unspecified atom stereocenters. The Morgan fingerprint density at radius 3 is 2.29 bits per heavy atom. The van der Waals surface area contributed by atoms with Crippen molar-refractivity contribution in [3.63, 3.8) is 0 Å². The van der Waals surface area contributed by atoms with Crippen LogP contribution in [0.3, 0.4) is 0 Å². The first kappa shape index (κ1) is 17.2. The molecule has 1 rings (SSSR count). The van der Waals surface area contributed by atoms with Gasteiger partial charge >= 0.3 is 11.8 Å². The Balaban J connectivity index is 2.41. The average molecular weight is 292 g/mol. The summed E-state index contributed by atoms with van der Waals surface area (Å²) in [7, 11) is 0. The molecule has 0 aliphatic heterocycles. The molecule has 0 bridgehead atoms. The number of aliphatic hydroxyl groups excluding tert-OH is 1. The van der Waals surface area contributed by atoms with Gasteiger partial charge in [-0.3, -0.25) is 9.59 Å². The van der Waals surface area contributed by atoms with Crippen molar-refractivity contribution in [2.45, 2.75) is 39.7 Å². The minimum Gasteiger partial charge on any atom is -0.393 e. The van der Waals surface area contributed by atoms with Crippen LogP contribution in [-0.2, 0) is 16.0 Å². The van der Waals surface area contributed by atoms with Gasteiger partial charge in [0.1, 0.15) is 0 Å². The van der Waals surface area contributed by atoms with E-state index in [1.807, 2.05) is 19.1 Å². The van der Waals surface area contributed by atoms with Crippen molar-refractivity contribution in [3.8, 4) is 0 Å². The topological polar surface area (TPSA) is 78.4 Å². The fourth-order valence-corrected chi connectivity index (χ4v) is 2.02. The quantitative estimate of drug-likeness (QED) is 0.698. The van der Waals surface area contributed by atoms with Gasteiger partial charge in [0.2, 0.25) is 0 Å². The Morgan fingerprint density at radius 1 is 1.14 bits per heavy atom. The molecule has 5 nitrogen and oxygen atoms in total. The number of carbonyl (C=O) groups is 2. The fraction of sp³-hybridized carbons (Fsp3) is 0.500. The first-order chi connectivity index (χ1) is 9.92. The van der Waals surface area contributed by atoms with E-state index >= 15 is 0 Å². The van der Waals surface area contributed by atoms with E-state index < -0.39 is 17.9 Å². The van der Waals surface area contributed by atoms with E-state index in [0.717, 1.165) is 6.42 Å². The number of aryl methyl sites for hydroxylation is 1. The summed E-state index contributed by atoms with van der Waals surface area (Å²) in [4.78, 5) is 23.4. The van der Waals surface area contributed by atoms with Crippen LogP contribution in [-0.4, -0.2) is 29.6 Å². The first-order valence-electron chi connectivity index (χ1n) is 7.28. The molecule has 5 heteroatoms. The molecule has 1 aromatic rings. The highest BCUT2D eigenvalue weighted by atomic mass is 16.3. The second kappa shape index (κ2) is 8.42. The number of hydrogen-bond acceptors (Lipinski definition) is 3. The second-order valence-corrected chi connectivity index (χ2v) is 5.40.